The van der Waals surface area contributed by atoms with E-state index >= 15 is 0 Å². The van der Waals surface area contributed by atoms with Gasteiger partial charge in [0.2, 0.25) is 5.89 Å². The molecule has 4 rings (SSSR count). The summed E-state index contributed by atoms with van der Waals surface area (Å²) in [6, 6.07) is 11.2. The van der Waals surface area contributed by atoms with E-state index in [2.05, 4.69) is 15.1 Å². The Kier molecular flexibility index (Phi) is 5.15. The zero-order chi connectivity index (χ0) is 19.7. The van der Waals surface area contributed by atoms with Crippen LogP contribution < -0.4 is 5.56 Å². The molecule has 2 aromatic heterocycles. The summed E-state index contributed by atoms with van der Waals surface area (Å²) in [4.78, 5) is 22.0. The lowest BCUT2D eigenvalue weighted by Crippen LogP contribution is -2.21. The smallest absolute Gasteiger partial charge is 0.266 e. The number of thioether (sulfide) groups is 1. The molecule has 0 spiro atoms. The molecule has 0 amide bonds. The quantitative estimate of drug-likeness (QED) is 0.354. The van der Waals surface area contributed by atoms with Gasteiger partial charge in [-0.3, -0.25) is 9.36 Å². The second-order valence-corrected chi connectivity index (χ2v) is 7.25. The monoisotopic (exact) mass is 416 g/mol. The number of hydrogen-bond donors (Lipinski definition) is 0. The third-order valence-corrected chi connectivity index (χ3v) is 5.27. The minimum absolute atomic E-state index is 0.0713. The summed E-state index contributed by atoms with van der Waals surface area (Å²) in [7, 11) is 0. The average molecular weight is 417 g/mol. The van der Waals surface area contributed by atoms with Gasteiger partial charge in [0.1, 0.15) is 5.82 Å². The van der Waals surface area contributed by atoms with Crippen LogP contribution in [0.3, 0.4) is 0 Å². The number of aromatic nitrogens is 4. The summed E-state index contributed by atoms with van der Waals surface area (Å²) in [6.45, 7) is 1.93. The zero-order valence-electron chi connectivity index (χ0n) is 14.7. The number of rotatable bonds is 5. The number of benzene rings is 2. The Morgan fingerprint density at radius 1 is 1.21 bits per heavy atom. The van der Waals surface area contributed by atoms with Crippen LogP contribution in [0.2, 0.25) is 5.02 Å². The molecule has 9 heteroatoms. The first-order chi connectivity index (χ1) is 13.6. The van der Waals surface area contributed by atoms with Crippen LogP contribution in [0.25, 0.3) is 16.6 Å². The van der Waals surface area contributed by atoms with Crippen LogP contribution >= 0.6 is 23.4 Å². The normalized spacial score (nSPS) is 11.2. The molecular weight excluding hydrogens is 403 g/mol. The van der Waals surface area contributed by atoms with Crippen LogP contribution in [-0.4, -0.2) is 19.7 Å². The van der Waals surface area contributed by atoms with E-state index in [4.69, 9.17) is 16.1 Å². The van der Waals surface area contributed by atoms with Crippen molar-refractivity contribution in [3.63, 3.8) is 0 Å². The third-order valence-electron chi connectivity index (χ3n) is 4.06. The molecule has 0 N–H and O–H groups in total. The first-order valence-corrected chi connectivity index (χ1v) is 9.84. The molecule has 0 aliphatic rings. The lowest BCUT2D eigenvalue weighted by atomic mass is 10.2. The summed E-state index contributed by atoms with van der Waals surface area (Å²) >= 11 is 7.20. The zero-order valence-corrected chi connectivity index (χ0v) is 16.3. The van der Waals surface area contributed by atoms with Crippen molar-refractivity contribution >= 4 is 34.3 Å². The van der Waals surface area contributed by atoms with Gasteiger partial charge in [-0.25, -0.2) is 9.37 Å². The maximum atomic E-state index is 13.6. The minimum atomic E-state index is -0.556. The van der Waals surface area contributed by atoms with Crippen molar-refractivity contribution in [1.82, 2.24) is 19.7 Å². The van der Waals surface area contributed by atoms with Gasteiger partial charge in [-0.05, 0) is 30.3 Å². The van der Waals surface area contributed by atoms with E-state index in [-0.39, 0.29) is 10.6 Å². The van der Waals surface area contributed by atoms with Gasteiger partial charge in [0, 0.05) is 6.42 Å². The van der Waals surface area contributed by atoms with Gasteiger partial charge in [-0.2, -0.15) is 4.98 Å². The van der Waals surface area contributed by atoms with Crippen molar-refractivity contribution in [2.45, 2.75) is 24.3 Å². The Morgan fingerprint density at radius 2 is 2.04 bits per heavy atom. The first-order valence-electron chi connectivity index (χ1n) is 8.48. The van der Waals surface area contributed by atoms with Crippen LogP contribution in [0.1, 0.15) is 18.6 Å². The maximum Gasteiger partial charge on any atom is 0.266 e. The SMILES string of the molecule is CCc1noc(CSc2nc3ccccc3c(=O)n2-c2ccc(F)c(Cl)c2)n1. The topological polar surface area (TPSA) is 73.8 Å². The molecule has 0 aliphatic carbocycles. The fourth-order valence-electron chi connectivity index (χ4n) is 2.68. The van der Waals surface area contributed by atoms with E-state index in [1.54, 1.807) is 18.2 Å². The Bertz CT molecular complexity index is 1220. The van der Waals surface area contributed by atoms with E-state index in [9.17, 15) is 9.18 Å². The third kappa shape index (κ3) is 3.53. The van der Waals surface area contributed by atoms with Crippen LogP contribution in [-0.2, 0) is 12.2 Å². The summed E-state index contributed by atoms with van der Waals surface area (Å²) in [5.74, 6) is 0.837. The molecule has 6 nitrogen and oxygen atoms in total. The van der Waals surface area contributed by atoms with Crippen molar-refractivity contribution in [3.8, 4) is 5.69 Å². The van der Waals surface area contributed by atoms with Gasteiger partial charge in [0.05, 0.1) is 27.4 Å². The summed E-state index contributed by atoms with van der Waals surface area (Å²) in [5, 5.41) is 4.67. The summed E-state index contributed by atoms with van der Waals surface area (Å²) < 4.78 is 20.2. The Labute approximate surface area is 168 Å². The summed E-state index contributed by atoms with van der Waals surface area (Å²) in [5.41, 5.74) is 0.728. The number of hydrogen-bond acceptors (Lipinski definition) is 6. The van der Waals surface area contributed by atoms with Crippen molar-refractivity contribution in [1.29, 1.82) is 0 Å². The first kappa shape index (κ1) is 18.6. The molecule has 0 unspecified atom stereocenters. The van der Waals surface area contributed by atoms with E-state index < -0.39 is 5.82 Å². The van der Waals surface area contributed by atoms with Crippen LogP contribution in [0, 0.1) is 5.82 Å². The predicted octanol–water partition coefficient (Wildman–Crippen LogP) is 4.42. The fourth-order valence-corrected chi connectivity index (χ4v) is 3.70. The molecule has 4 aromatic rings. The summed E-state index contributed by atoms with van der Waals surface area (Å²) in [6.07, 6.45) is 0.668. The molecule has 0 saturated heterocycles. The van der Waals surface area contributed by atoms with E-state index in [0.29, 0.717) is 45.6 Å². The number of aryl methyl sites for hydroxylation is 1. The largest absolute Gasteiger partial charge is 0.338 e. The average Bonchev–Trinajstić information content (AvgIpc) is 3.17. The second kappa shape index (κ2) is 7.73. The molecule has 2 aromatic carbocycles. The lowest BCUT2D eigenvalue weighted by Gasteiger charge is -2.13. The number of nitrogens with zero attached hydrogens (tertiary/aromatic N) is 4. The number of halogens is 2. The molecule has 0 radical (unpaired) electrons. The molecule has 0 saturated carbocycles. The maximum absolute atomic E-state index is 13.6. The van der Waals surface area contributed by atoms with Gasteiger partial charge < -0.3 is 4.52 Å². The highest BCUT2D eigenvalue weighted by Crippen LogP contribution is 2.26. The van der Waals surface area contributed by atoms with Gasteiger partial charge >= 0.3 is 0 Å². The standard InChI is InChI=1S/C19H14ClFN4O2S/c1-2-16-23-17(27-24-16)10-28-19-22-15-6-4-3-5-12(15)18(26)25(19)11-7-8-14(21)13(20)9-11/h3-9H,2,10H2,1H3. The lowest BCUT2D eigenvalue weighted by molar-refractivity contribution is 0.385. The van der Waals surface area contributed by atoms with Crippen molar-refractivity contribution in [2.75, 3.05) is 0 Å². The van der Waals surface area contributed by atoms with E-state index in [1.807, 2.05) is 13.0 Å². The molecule has 0 aliphatic heterocycles. The molecule has 0 fully saturated rings. The number of para-hydroxylation sites is 1. The molecule has 142 valence electrons. The number of fused-ring (bicyclic) bond motifs is 1. The fraction of sp³-hybridized carbons (Fsp3) is 0.158. The van der Waals surface area contributed by atoms with Crippen molar-refractivity contribution in [2.24, 2.45) is 0 Å². The van der Waals surface area contributed by atoms with Crippen LogP contribution in [0.4, 0.5) is 4.39 Å². The van der Waals surface area contributed by atoms with E-state index in [1.165, 1.54) is 34.5 Å². The second-order valence-electron chi connectivity index (χ2n) is 5.90. The van der Waals surface area contributed by atoms with Crippen LogP contribution in [0.5, 0.6) is 0 Å². The molecule has 28 heavy (non-hydrogen) atoms. The highest BCUT2D eigenvalue weighted by Gasteiger charge is 2.16. The van der Waals surface area contributed by atoms with Gasteiger partial charge in [0.25, 0.3) is 5.56 Å². The molecule has 2 heterocycles. The Balaban J connectivity index is 1.83. The predicted molar refractivity (Wildman–Crippen MR) is 106 cm³/mol. The van der Waals surface area contributed by atoms with Crippen LogP contribution in [0.15, 0.2) is 56.9 Å². The molecular formula is C19H14ClFN4O2S. The highest BCUT2D eigenvalue weighted by molar-refractivity contribution is 7.98. The molecule has 0 bridgehead atoms. The highest BCUT2D eigenvalue weighted by atomic mass is 35.5. The van der Waals surface area contributed by atoms with Gasteiger partial charge in [-0.15, -0.1) is 0 Å². The van der Waals surface area contributed by atoms with E-state index in [0.717, 1.165) is 0 Å². The minimum Gasteiger partial charge on any atom is -0.338 e. The van der Waals surface area contributed by atoms with Crippen molar-refractivity contribution in [3.05, 3.63) is 75.4 Å². The van der Waals surface area contributed by atoms with Crippen molar-refractivity contribution < 1.29 is 8.91 Å². The van der Waals surface area contributed by atoms with Gasteiger partial charge in [-0.1, -0.05) is 47.6 Å². The Morgan fingerprint density at radius 3 is 2.79 bits per heavy atom. The molecule has 0 atom stereocenters. The van der Waals surface area contributed by atoms with Gasteiger partial charge in [0.15, 0.2) is 11.0 Å². The Hall–Kier alpha value is -2.71.